The minimum atomic E-state index is -4.70. The molecule has 0 N–H and O–H groups in total. The third-order valence-corrected chi connectivity index (χ3v) is 9.44. The summed E-state index contributed by atoms with van der Waals surface area (Å²) in [5.74, 6) is 0.364. The molecule has 204 valence electrons. The first-order valence-corrected chi connectivity index (χ1v) is 14.5. The van der Waals surface area contributed by atoms with Gasteiger partial charge in [-0.05, 0) is 54.8 Å². The maximum atomic E-state index is 14.3. The van der Waals surface area contributed by atoms with Crippen LogP contribution in [0.25, 0.3) is 10.9 Å². The van der Waals surface area contributed by atoms with Gasteiger partial charge >= 0.3 is 6.18 Å². The molecule has 2 fully saturated rings. The molecule has 1 aromatic heterocycles. The van der Waals surface area contributed by atoms with Gasteiger partial charge in [-0.3, -0.25) is 23.4 Å². The molecule has 0 spiro atoms. The first-order valence-electron chi connectivity index (χ1n) is 12.5. The summed E-state index contributed by atoms with van der Waals surface area (Å²) >= 11 is 12.7. The summed E-state index contributed by atoms with van der Waals surface area (Å²) in [6, 6.07) is 6.06. The van der Waals surface area contributed by atoms with Crippen LogP contribution in [-0.2, 0) is 30.1 Å². The SMILES string of the molecule is CCS(=O)c1ccc(Cl)cc1Cn1cnc2c(Cl)c(CN3CCN4CCC[C@@H]4C3)c(C(F)(F)F)cc2c1=O. The molecule has 0 aliphatic carbocycles. The molecule has 0 amide bonds. The smallest absolute Gasteiger partial charge is 0.298 e. The minimum absolute atomic E-state index is 0.0351. The zero-order valence-electron chi connectivity index (χ0n) is 20.7. The van der Waals surface area contributed by atoms with Gasteiger partial charge < -0.3 is 0 Å². The lowest BCUT2D eigenvalue weighted by molar-refractivity contribution is -0.138. The van der Waals surface area contributed by atoms with Gasteiger partial charge in [0, 0.05) is 47.9 Å². The van der Waals surface area contributed by atoms with Crippen molar-refractivity contribution in [1.82, 2.24) is 19.4 Å². The van der Waals surface area contributed by atoms with Gasteiger partial charge in [0.25, 0.3) is 5.56 Å². The molecule has 38 heavy (non-hydrogen) atoms. The van der Waals surface area contributed by atoms with Crippen LogP contribution in [0.15, 0.2) is 40.3 Å². The van der Waals surface area contributed by atoms with Crippen LogP contribution in [0.5, 0.6) is 0 Å². The zero-order valence-corrected chi connectivity index (χ0v) is 23.1. The number of alkyl halides is 3. The van der Waals surface area contributed by atoms with Gasteiger partial charge in [0.2, 0.25) is 0 Å². The van der Waals surface area contributed by atoms with E-state index < -0.39 is 28.1 Å². The van der Waals surface area contributed by atoms with Crippen molar-refractivity contribution < 1.29 is 17.4 Å². The van der Waals surface area contributed by atoms with E-state index in [-0.39, 0.29) is 34.6 Å². The topological polar surface area (TPSA) is 58.4 Å². The van der Waals surface area contributed by atoms with E-state index in [1.54, 1.807) is 25.1 Å². The Morgan fingerprint density at radius 2 is 1.92 bits per heavy atom. The molecule has 2 aliphatic rings. The summed E-state index contributed by atoms with van der Waals surface area (Å²) in [5, 5.41) is 0.0296. The van der Waals surface area contributed by atoms with Gasteiger partial charge in [-0.1, -0.05) is 30.1 Å². The quantitative estimate of drug-likeness (QED) is 0.398. The number of hydrogen-bond acceptors (Lipinski definition) is 5. The maximum absolute atomic E-state index is 14.3. The number of halogens is 5. The van der Waals surface area contributed by atoms with Gasteiger partial charge in [-0.2, -0.15) is 13.2 Å². The zero-order chi connectivity index (χ0) is 27.2. The molecule has 3 heterocycles. The number of nitrogens with zero attached hydrogens (tertiary/aromatic N) is 4. The van der Waals surface area contributed by atoms with Crippen LogP contribution in [0.3, 0.4) is 0 Å². The number of hydrogen-bond donors (Lipinski definition) is 0. The van der Waals surface area contributed by atoms with Crippen molar-refractivity contribution in [1.29, 1.82) is 0 Å². The average Bonchev–Trinajstić information content (AvgIpc) is 3.34. The van der Waals surface area contributed by atoms with E-state index in [1.165, 1.54) is 10.9 Å². The first-order chi connectivity index (χ1) is 18.1. The summed E-state index contributed by atoms with van der Waals surface area (Å²) < 4.78 is 56.5. The Kier molecular flexibility index (Phi) is 7.90. The van der Waals surface area contributed by atoms with Crippen LogP contribution in [-0.4, -0.2) is 61.5 Å². The van der Waals surface area contributed by atoms with E-state index in [1.807, 2.05) is 4.90 Å². The fourth-order valence-corrected chi connectivity index (χ4v) is 6.93. The fourth-order valence-electron chi connectivity index (χ4n) is 5.48. The van der Waals surface area contributed by atoms with E-state index in [4.69, 9.17) is 23.2 Å². The van der Waals surface area contributed by atoms with Gasteiger partial charge in [-0.25, -0.2) is 4.98 Å². The van der Waals surface area contributed by atoms with Crippen LogP contribution >= 0.6 is 23.2 Å². The second-order valence-corrected chi connectivity index (χ2v) is 12.3. The summed E-state index contributed by atoms with van der Waals surface area (Å²) in [7, 11) is -1.32. The Morgan fingerprint density at radius 1 is 1.13 bits per heavy atom. The van der Waals surface area contributed by atoms with E-state index in [0.29, 0.717) is 40.4 Å². The van der Waals surface area contributed by atoms with E-state index in [0.717, 1.165) is 32.0 Å². The Hall–Kier alpha value is -1.98. The van der Waals surface area contributed by atoms with Crippen molar-refractivity contribution >= 4 is 44.9 Å². The Labute approximate surface area is 230 Å². The van der Waals surface area contributed by atoms with Gasteiger partial charge in [0.1, 0.15) is 0 Å². The van der Waals surface area contributed by atoms with E-state index >= 15 is 0 Å². The van der Waals surface area contributed by atoms with Crippen molar-refractivity contribution in [3.63, 3.8) is 0 Å². The first kappa shape index (κ1) is 27.6. The second kappa shape index (κ2) is 10.9. The number of rotatable bonds is 6. The third-order valence-electron chi connectivity index (χ3n) is 7.39. The number of fused-ring (bicyclic) bond motifs is 2. The van der Waals surface area contributed by atoms with Crippen molar-refractivity contribution in [2.24, 2.45) is 0 Å². The molecule has 0 radical (unpaired) electrons. The molecule has 3 aromatic rings. The molecule has 2 aliphatic heterocycles. The molecule has 5 rings (SSSR count). The lowest BCUT2D eigenvalue weighted by Gasteiger charge is -2.38. The Morgan fingerprint density at radius 3 is 2.66 bits per heavy atom. The number of piperazine rings is 1. The van der Waals surface area contributed by atoms with E-state index in [9.17, 15) is 22.2 Å². The van der Waals surface area contributed by atoms with Crippen molar-refractivity contribution in [2.75, 3.05) is 31.9 Å². The molecule has 2 atom stereocenters. The monoisotopic (exact) mass is 586 g/mol. The summed E-state index contributed by atoms with van der Waals surface area (Å²) in [6.07, 6.45) is -1.29. The lowest BCUT2D eigenvalue weighted by atomic mass is 10.0. The molecular formula is C26H27Cl2F3N4O2S. The number of benzene rings is 2. The summed E-state index contributed by atoms with van der Waals surface area (Å²) in [5.41, 5.74) is -1.07. The lowest BCUT2D eigenvalue weighted by Crippen LogP contribution is -2.49. The van der Waals surface area contributed by atoms with Gasteiger partial charge in [0.15, 0.2) is 0 Å². The molecule has 2 aromatic carbocycles. The van der Waals surface area contributed by atoms with E-state index in [2.05, 4.69) is 9.88 Å². The molecule has 12 heteroatoms. The van der Waals surface area contributed by atoms with Crippen molar-refractivity contribution in [2.45, 2.75) is 50.0 Å². The predicted octanol–water partition coefficient (Wildman–Crippen LogP) is 5.18. The Balaban J connectivity index is 1.55. The highest BCUT2D eigenvalue weighted by molar-refractivity contribution is 7.85. The normalized spacial score (nSPS) is 19.7. The maximum Gasteiger partial charge on any atom is 0.416 e. The second-order valence-electron chi connectivity index (χ2n) is 9.74. The van der Waals surface area contributed by atoms with Crippen LogP contribution < -0.4 is 5.56 Å². The van der Waals surface area contributed by atoms with Crippen LogP contribution in [0.4, 0.5) is 13.2 Å². The minimum Gasteiger partial charge on any atom is -0.298 e. The standard InChI is InChI=1S/C26H27Cl2F3N4O2S/c1-2-38(37)22-6-5-17(27)10-16(22)12-35-15-32-24-19(25(35)36)11-21(26(29,30)31)20(23(24)28)14-33-8-9-34-7-3-4-18(34)13-33/h5-6,10-11,15,18H,2-4,7-9,12-14H2,1H3/t18-,38?/m1/s1. The molecular weight excluding hydrogens is 560 g/mol. The average molecular weight is 587 g/mol. The van der Waals surface area contributed by atoms with Crippen LogP contribution in [0.1, 0.15) is 36.5 Å². The van der Waals surface area contributed by atoms with Crippen molar-refractivity contribution in [3.8, 4) is 0 Å². The molecule has 2 saturated heterocycles. The summed E-state index contributed by atoms with van der Waals surface area (Å²) in [4.78, 5) is 22.6. The highest BCUT2D eigenvalue weighted by Crippen LogP contribution is 2.39. The van der Waals surface area contributed by atoms with Gasteiger partial charge in [0.05, 0.1) is 45.2 Å². The highest BCUT2D eigenvalue weighted by Gasteiger charge is 2.37. The van der Waals surface area contributed by atoms with Crippen LogP contribution in [0, 0.1) is 0 Å². The fraction of sp³-hybridized carbons (Fsp3) is 0.462. The Bertz CT molecular complexity index is 1460. The third kappa shape index (κ3) is 5.38. The predicted molar refractivity (Wildman–Crippen MR) is 143 cm³/mol. The molecule has 0 saturated carbocycles. The summed E-state index contributed by atoms with van der Waals surface area (Å²) in [6.45, 7) is 4.94. The van der Waals surface area contributed by atoms with Gasteiger partial charge in [-0.15, -0.1) is 0 Å². The molecule has 1 unspecified atom stereocenters. The number of aromatic nitrogens is 2. The van der Waals surface area contributed by atoms with Crippen molar-refractivity contribution in [3.05, 3.63) is 67.7 Å². The molecule has 6 nitrogen and oxygen atoms in total. The molecule has 0 bridgehead atoms. The largest absolute Gasteiger partial charge is 0.416 e. The highest BCUT2D eigenvalue weighted by atomic mass is 35.5. The van der Waals surface area contributed by atoms with Crippen LogP contribution in [0.2, 0.25) is 10.0 Å².